The SMILES string of the molecule is Cc1cccc(-c2nc(C(=O)Nc3cccc(Br)c3)nn2-c2ccc(C)cc2C)c1. The predicted molar refractivity (Wildman–Crippen MR) is 123 cm³/mol. The van der Waals surface area contributed by atoms with Crippen LogP contribution in [0.3, 0.4) is 0 Å². The molecule has 5 nitrogen and oxygen atoms in total. The number of nitrogens with zero attached hydrogens (tertiary/aromatic N) is 3. The van der Waals surface area contributed by atoms with Crippen LogP contribution in [0.2, 0.25) is 0 Å². The van der Waals surface area contributed by atoms with E-state index >= 15 is 0 Å². The summed E-state index contributed by atoms with van der Waals surface area (Å²) in [6.07, 6.45) is 0. The molecule has 150 valence electrons. The molecule has 3 aromatic carbocycles. The van der Waals surface area contributed by atoms with E-state index < -0.39 is 0 Å². The number of amides is 1. The van der Waals surface area contributed by atoms with Gasteiger partial charge in [-0.05, 0) is 56.7 Å². The Labute approximate surface area is 183 Å². The Hall–Kier alpha value is -3.25. The molecule has 0 saturated carbocycles. The Morgan fingerprint density at radius 2 is 1.70 bits per heavy atom. The van der Waals surface area contributed by atoms with Crippen molar-refractivity contribution >= 4 is 27.5 Å². The molecule has 0 aliphatic carbocycles. The van der Waals surface area contributed by atoms with Gasteiger partial charge in [-0.3, -0.25) is 4.79 Å². The van der Waals surface area contributed by atoms with Crippen molar-refractivity contribution in [2.75, 3.05) is 5.32 Å². The van der Waals surface area contributed by atoms with Crippen molar-refractivity contribution in [3.63, 3.8) is 0 Å². The molecular formula is C24H21BrN4O. The molecule has 1 aromatic heterocycles. The molecule has 0 aliphatic rings. The first kappa shape index (κ1) is 20.0. The molecular weight excluding hydrogens is 440 g/mol. The minimum Gasteiger partial charge on any atom is -0.319 e. The van der Waals surface area contributed by atoms with Gasteiger partial charge in [0.05, 0.1) is 5.69 Å². The summed E-state index contributed by atoms with van der Waals surface area (Å²) in [4.78, 5) is 17.5. The minimum absolute atomic E-state index is 0.117. The zero-order valence-corrected chi connectivity index (χ0v) is 18.6. The van der Waals surface area contributed by atoms with Crippen LogP contribution in [0.15, 0.2) is 71.2 Å². The van der Waals surface area contributed by atoms with E-state index in [1.165, 1.54) is 5.56 Å². The third-order valence-electron chi connectivity index (χ3n) is 4.75. The molecule has 0 saturated heterocycles. The molecule has 1 amide bonds. The second-order valence-electron chi connectivity index (χ2n) is 7.29. The molecule has 0 atom stereocenters. The predicted octanol–water partition coefficient (Wildman–Crippen LogP) is 5.87. The quantitative estimate of drug-likeness (QED) is 0.413. The van der Waals surface area contributed by atoms with Crippen molar-refractivity contribution < 1.29 is 4.79 Å². The Morgan fingerprint density at radius 1 is 0.933 bits per heavy atom. The fraction of sp³-hybridized carbons (Fsp3) is 0.125. The van der Waals surface area contributed by atoms with Crippen molar-refractivity contribution in [3.05, 3.63) is 93.7 Å². The highest BCUT2D eigenvalue weighted by Crippen LogP contribution is 2.25. The van der Waals surface area contributed by atoms with Crippen molar-refractivity contribution in [3.8, 4) is 17.1 Å². The molecule has 4 rings (SSSR count). The number of aryl methyl sites for hydroxylation is 3. The summed E-state index contributed by atoms with van der Waals surface area (Å²) >= 11 is 3.42. The van der Waals surface area contributed by atoms with E-state index in [4.69, 9.17) is 0 Å². The summed E-state index contributed by atoms with van der Waals surface area (Å²) in [6.45, 7) is 6.12. The lowest BCUT2D eigenvalue weighted by Crippen LogP contribution is -2.14. The molecule has 0 aliphatic heterocycles. The number of nitrogens with one attached hydrogen (secondary N) is 1. The molecule has 0 unspecified atom stereocenters. The zero-order chi connectivity index (χ0) is 21.3. The summed E-state index contributed by atoms with van der Waals surface area (Å²) in [5.41, 5.74) is 5.82. The van der Waals surface area contributed by atoms with E-state index in [1.54, 1.807) is 4.68 Å². The third kappa shape index (κ3) is 4.19. The van der Waals surface area contributed by atoms with Crippen LogP contribution in [0.4, 0.5) is 5.69 Å². The van der Waals surface area contributed by atoms with E-state index in [0.717, 1.165) is 26.9 Å². The average molecular weight is 461 g/mol. The maximum absolute atomic E-state index is 12.9. The highest BCUT2D eigenvalue weighted by Gasteiger charge is 2.20. The van der Waals surface area contributed by atoms with Gasteiger partial charge in [-0.25, -0.2) is 9.67 Å². The van der Waals surface area contributed by atoms with Gasteiger partial charge in [-0.2, -0.15) is 0 Å². The highest BCUT2D eigenvalue weighted by atomic mass is 79.9. The van der Waals surface area contributed by atoms with Gasteiger partial charge in [0.15, 0.2) is 5.82 Å². The number of hydrogen-bond donors (Lipinski definition) is 1. The standard InChI is InChI=1S/C24H21BrN4O/c1-15-6-4-7-18(13-15)23-27-22(24(30)26-20-9-5-8-19(25)14-20)28-29(23)21-11-10-16(2)12-17(21)3/h4-14H,1-3H3,(H,26,30). The van der Waals surface area contributed by atoms with Crippen LogP contribution in [0, 0.1) is 20.8 Å². The first-order chi connectivity index (χ1) is 14.4. The number of carbonyl (C=O) groups is 1. The van der Waals surface area contributed by atoms with Crippen molar-refractivity contribution in [2.45, 2.75) is 20.8 Å². The molecule has 0 fully saturated rings. The van der Waals surface area contributed by atoms with E-state index in [1.807, 2.05) is 74.5 Å². The Morgan fingerprint density at radius 3 is 2.43 bits per heavy atom. The van der Waals surface area contributed by atoms with E-state index in [2.05, 4.69) is 44.3 Å². The van der Waals surface area contributed by atoms with E-state index in [9.17, 15) is 4.79 Å². The Kier molecular flexibility index (Phi) is 5.50. The van der Waals surface area contributed by atoms with Crippen LogP contribution in [0.5, 0.6) is 0 Å². The van der Waals surface area contributed by atoms with Crippen molar-refractivity contribution in [1.82, 2.24) is 14.8 Å². The molecule has 1 N–H and O–H groups in total. The highest BCUT2D eigenvalue weighted by molar-refractivity contribution is 9.10. The lowest BCUT2D eigenvalue weighted by molar-refractivity contribution is 0.101. The summed E-state index contributed by atoms with van der Waals surface area (Å²) < 4.78 is 2.63. The first-order valence-electron chi connectivity index (χ1n) is 9.59. The normalized spacial score (nSPS) is 10.8. The van der Waals surface area contributed by atoms with E-state index in [-0.39, 0.29) is 11.7 Å². The molecule has 1 heterocycles. The largest absolute Gasteiger partial charge is 0.319 e. The number of halogens is 1. The zero-order valence-electron chi connectivity index (χ0n) is 17.0. The number of benzene rings is 3. The Bertz CT molecular complexity index is 1250. The number of rotatable bonds is 4. The average Bonchev–Trinajstić information content (AvgIpc) is 3.13. The van der Waals surface area contributed by atoms with E-state index in [0.29, 0.717) is 11.5 Å². The fourth-order valence-electron chi connectivity index (χ4n) is 3.34. The lowest BCUT2D eigenvalue weighted by Gasteiger charge is -2.10. The van der Waals surface area contributed by atoms with Gasteiger partial charge in [-0.1, -0.05) is 63.5 Å². The molecule has 0 radical (unpaired) electrons. The van der Waals surface area contributed by atoms with Gasteiger partial charge in [0.1, 0.15) is 0 Å². The second kappa shape index (κ2) is 8.24. The fourth-order valence-corrected chi connectivity index (χ4v) is 3.74. The number of anilines is 1. The molecule has 6 heteroatoms. The maximum Gasteiger partial charge on any atom is 0.295 e. The van der Waals surface area contributed by atoms with Crippen molar-refractivity contribution in [2.24, 2.45) is 0 Å². The van der Waals surface area contributed by atoms with Crippen LogP contribution in [-0.2, 0) is 0 Å². The third-order valence-corrected chi connectivity index (χ3v) is 5.24. The molecule has 0 spiro atoms. The van der Waals surface area contributed by atoms with Crippen LogP contribution >= 0.6 is 15.9 Å². The summed E-state index contributed by atoms with van der Waals surface area (Å²) in [6, 6.07) is 21.6. The number of carbonyl (C=O) groups excluding carboxylic acids is 1. The van der Waals surface area contributed by atoms with Crippen LogP contribution in [0.1, 0.15) is 27.3 Å². The summed E-state index contributed by atoms with van der Waals surface area (Å²) in [5.74, 6) is 0.391. The van der Waals surface area contributed by atoms with Crippen LogP contribution in [0.25, 0.3) is 17.1 Å². The van der Waals surface area contributed by atoms with Gasteiger partial charge in [-0.15, -0.1) is 5.10 Å². The maximum atomic E-state index is 12.9. The smallest absolute Gasteiger partial charge is 0.295 e. The Balaban J connectivity index is 1.80. The minimum atomic E-state index is -0.356. The van der Waals surface area contributed by atoms with Crippen molar-refractivity contribution in [1.29, 1.82) is 0 Å². The van der Waals surface area contributed by atoms with Crippen LogP contribution < -0.4 is 5.32 Å². The summed E-state index contributed by atoms with van der Waals surface area (Å²) in [7, 11) is 0. The van der Waals surface area contributed by atoms with Gasteiger partial charge in [0.2, 0.25) is 5.82 Å². The molecule has 30 heavy (non-hydrogen) atoms. The monoisotopic (exact) mass is 460 g/mol. The lowest BCUT2D eigenvalue weighted by atomic mass is 10.1. The van der Waals surface area contributed by atoms with Gasteiger partial charge < -0.3 is 5.32 Å². The summed E-state index contributed by atoms with van der Waals surface area (Å²) in [5, 5.41) is 7.45. The first-order valence-corrected chi connectivity index (χ1v) is 10.4. The topological polar surface area (TPSA) is 59.8 Å². The molecule has 4 aromatic rings. The molecule has 0 bridgehead atoms. The number of hydrogen-bond acceptors (Lipinski definition) is 3. The second-order valence-corrected chi connectivity index (χ2v) is 8.21. The van der Waals surface area contributed by atoms with Crippen LogP contribution in [-0.4, -0.2) is 20.7 Å². The number of aromatic nitrogens is 3. The van der Waals surface area contributed by atoms with Gasteiger partial charge in [0.25, 0.3) is 5.91 Å². The van der Waals surface area contributed by atoms with Gasteiger partial charge >= 0.3 is 0 Å². The van der Waals surface area contributed by atoms with Gasteiger partial charge in [0, 0.05) is 15.7 Å².